The van der Waals surface area contributed by atoms with Crippen molar-refractivity contribution in [1.82, 2.24) is 19.5 Å². The van der Waals surface area contributed by atoms with Crippen LogP contribution in [0.2, 0.25) is 0 Å². The van der Waals surface area contributed by atoms with E-state index >= 15 is 0 Å². The van der Waals surface area contributed by atoms with Gasteiger partial charge in [0.05, 0.1) is 10.9 Å². The normalized spacial score (nSPS) is 17.9. The van der Waals surface area contributed by atoms with Gasteiger partial charge in [-0.25, -0.2) is 4.98 Å². The molecular weight excluding hydrogens is 320 g/mol. The Morgan fingerprint density at radius 3 is 2.46 bits per heavy atom. The smallest absolute Gasteiger partial charge is 0.230 e. The highest BCUT2D eigenvalue weighted by atomic mass is 32.1. The summed E-state index contributed by atoms with van der Waals surface area (Å²) in [7, 11) is 0. The van der Waals surface area contributed by atoms with E-state index in [9.17, 15) is 5.11 Å². The third-order valence-electron chi connectivity index (χ3n) is 4.68. The van der Waals surface area contributed by atoms with Gasteiger partial charge in [-0.15, -0.1) is 5.10 Å². The van der Waals surface area contributed by atoms with E-state index < -0.39 is 0 Å². The van der Waals surface area contributed by atoms with Gasteiger partial charge < -0.3 is 5.11 Å². The van der Waals surface area contributed by atoms with Crippen LogP contribution in [0, 0.1) is 6.92 Å². The quantitative estimate of drug-likeness (QED) is 0.787. The van der Waals surface area contributed by atoms with Crippen LogP contribution in [0.4, 0.5) is 0 Å². The van der Waals surface area contributed by atoms with Crippen LogP contribution in [-0.2, 0) is 0 Å². The molecule has 4 rings (SSSR count). The zero-order valence-electron chi connectivity index (χ0n) is 13.9. The number of aromatic hydroxyl groups is 1. The number of aromatic nitrogens is 3. The summed E-state index contributed by atoms with van der Waals surface area (Å²) in [6, 6.07) is 10.5. The van der Waals surface area contributed by atoms with Gasteiger partial charge in [0.2, 0.25) is 10.8 Å². The van der Waals surface area contributed by atoms with Crippen LogP contribution in [0.25, 0.3) is 4.96 Å². The number of thiazole rings is 1. The number of benzene rings is 1. The molecule has 0 saturated carbocycles. The molecule has 0 aliphatic carbocycles. The van der Waals surface area contributed by atoms with Crippen LogP contribution in [-0.4, -0.2) is 37.7 Å². The lowest BCUT2D eigenvalue weighted by Crippen LogP contribution is -2.30. The summed E-state index contributed by atoms with van der Waals surface area (Å²) in [5, 5.41) is 15.1. The van der Waals surface area contributed by atoms with Crippen LogP contribution in [0.3, 0.4) is 0 Å². The lowest BCUT2D eigenvalue weighted by molar-refractivity contribution is 0.233. The fourth-order valence-electron chi connectivity index (χ4n) is 3.54. The second kappa shape index (κ2) is 6.53. The summed E-state index contributed by atoms with van der Waals surface area (Å²) >= 11 is 1.55. The van der Waals surface area contributed by atoms with E-state index in [0.717, 1.165) is 22.9 Å². The van der Waals surface area contributed by atoms with Gasteiger partial charge in [0, 0.05) is 0 Å². The minimum absolute atomic E-state index is 0.0677. The summed E-state index contributed by atoms with van der Waals surface area (Å²) in [6.45, 7) is 3.97. The predicted molar refractivity (Wildman–Crippen MR) is 95.6 cm³/mol. The van der Waals surface area contributed by atoms with Gasteiger partial charge in [-0.3, -0.25) is 4.90 Å². The first-order valence-corrected chi connectivity index (χ1v) is 9.40. The molecule has 1 unspecified atom stereocenters. The maximum absolute atomic E-state index is 10.8. The average molecular weight is 342 g/mol. The Kier molecular flexibility index (Phi) is 4.24. The first kappa shape index (κ1) is 15.6. The van der Waals surface area contributed by atoms with Crippen molar-refractivity contribution in [2.24, 2.45) is 0 Å². The molecule has 0 bridgehead atoms. The van der Waals surface area contributed by atoms with Crippen molar-refractivity contribution in [3.63, 3.8) is 0 Å². The predicted octanol–water partition coefficient (Wildman–Crippen LogP) is 3.77. The van der Waals surface area contributed by atoms with E-state index in [1.54, 1.807) is 15.9 Å². The first-order valence-electron chi connectivity index (χ1n) is 8.58. The lowest BCUT2D eigenvalue weighted by atomic mass is 10.0. The number of aryl methyl sites for hydroxylation is 1. The minimum Gasteiger partial charge on any atom is -0.492 e. The number of rotatable bonds is 3. The first-order chi connectivity index (χ1) is 11.7. The Bertz CT molecular complexity index is 818. The van der Waals surface area contributed by atoms with Crippen molar-refractivity contribution in [2.45, 2.75) is 38.6 Å². The van der Waals surface area contributed by atoms with Crippen LogP contribution in [0.1, 0.15) is 48.0 Å². The number of hydrogen-bond donors (Lipinski definition) is 1. The summed E-state index contributed by atoms with van der Waals surface area (Å²) in [4.78, 5) is 8.63. The van der Waals surface area contributed by atoms with E-state index in [1.807, 2.05) is 13.0 Å². The lowest BCUT2D eigenvalue weighted by Gasteiger charge is -2.30. The standard InChI is InChI=1S/C18H22N4OS/c1-13-19-18-22(20-13)17(23)16(24-18)15(14-9-5-4-6-10-14)21-11-7-2-3-8-12-21/h4-6,9-10,15,23H,2-3,7-8,11-12H2,1H3. The zero-order chi connectivity index (χ0) is 16.5. The van der Waals surface area contributed by atoms with Crippen LogP contribution >= 0.6 is 11.3 Å². The van der Waals surface area contributed by atoms with Crippen LogP contribution < -0.4 is 0 Å². The van der Waals surface area contributed by atoms with Crippen molar-refractivity contribution >= 4 is 16.3 Å². The van der Waals surface area contributed by atoms with Crippen molar-refractivity contribution < 1.29 is 5.11 Å². The van der Waals surface area contributed by atoms with Gasteiger partial charge in [0.1, 0.15) is 5.82 Å². The van der Waals surface area contributed by atoms with E-state index in [4.69, 9.17) is 0 Å². The SMILES string of the molecule is Cc1nc2sc(C(c3ccccc3)N3CCCCCC3)c(O)n2n1. The number of nitrogens with zero attached hydrogens (tertiary/aromatic N) is 4. The molecule has 1 N–H and O–H groups in total. The third-order valence-corrected chi connectivity index (χ3v) is 5.75. The summed E-state index contributed by atoms with van der Waals surface area (Å²) in [5.41, 5.74) is 1.22. The highest BCUT2D eigenvalue weighted by molar-refractivity contribution is 7.17. The van der Waals surface area contributed by atoms with E-state index in [1.165, 1.54) is 31.2 Å². The van der Waals surface area contributed by atoms with Gasteiger partial charge >= 0.3 is 0 Å². The molecule has 1 aromatic carbocycles. The van der Waals surface area contributed by atoms with E-state index in [0.29, 0.717) is 5.82 Å². The Balaban J connectivity index is 1.81. The Morgan fingerprint density at radius 1 is 1.08 bits per heavy atom. The molecule has 126 valence electrons. The fraction of sp³-hybridized carbons (Fsp3) is 0.444. The molecule has 24 heavy (non-hydrogen) atoms. The van der Waals surface area contributed by atoms with Crippen LogP contribution in [0.15, 0.2) is 30.3 Å². The summed E-state index contributed by atoms with van der Waals surface area (Å²) < 4.78 is 1.57. The Labute approximate surface area is 145 Å². The van der Waals surface area contributed by atoms with Gasteiger partial charge in [0.25, 0.3) is 0 Å². The minimum atomic E-state index is 0.0677. The summed E-state index contributed by atoms with van der Waals surface area (Å²) in [6.07, 6.45) is 5.00. The number of hydrogen-bond acceptors (Lipinski definition) is 5. The monoisotopic (exact) mass is 342 g/mol. The molecule has 1 aliphatic heterocycles. The highest BCUT2D eigenvalue weighted by Gasteiger charge is 2.29. The van der Waals surface area contributed by atoms with E-state index in [2.05, 4.69) is 39.2 Å². The molecule has 1 aliphatic rings. The number of fused-ring (bicyclic) bond motifs is 1. The Morgan fingerprint density at radius 2 is 1.79 bits per heavy atom. The van der Waals surface area contributed by atoms with Crippen LogP contribution in [0.5, 0.6) is 5.88 Å². The molecule has 0 amide bonds. The largest absolute Gasteiger partial charge is 0.492 e. The highest BCUT2D eigenvalue weighted by Crippen LogP contribution is 2.40. The molecule has 6 heteroatoms. The third kappa shape index (κ3) is 2.80. The molecule has 0 spiro atoms. The average Bonchev–Trinajstić information content (AvgIpc) is 2.95. The molecule has 2 aromatic heterocycles. The summed E-state index contributed by atoms with van der Waals surface area (Å²) in [5.74, 6) is 0.919. The molecule has 0 radical (unpaired) electrons. The van der Waals surface area contributed by atoms with Gasteiger partial charge in [-0.1, -0.05) is 54.5 Å². The maximum Gasteiger partial charge on any atom is 0.230 e. The molecule has 5 nitrogen and oxygen atoms in total. The molecule has 1 saturated heterocycles. The van der Waals surface area contributed by atoms with Crippen molar-refractivity contribution in [1.29, 1.82) is 0 Å². The topological polar surface area (TPSA) is 53.7 Å². The van der Waals surface area contributed by atoms with Gasteiger partial charge in [-0.05, 0) is 38.4 Å². The molecule has 3 aromatic rings. The van der Waals surface area contributed by atoms with Crippen molar-refractivity contribution in [2.75, 3.05) is 13.1 Å². The fourth-order valence-corrected chi connectivity index (χ4v) is 4.71. The molecule has 1 fully saturated rings. The maximum atomic E-state index is 10.8. The Hall–Kier alpha value is -1.92. The van der Waals surface area contributed by atoms with Gasteiger partial charge in [0.15, 0.2) is 0 Å². The number of likely N-dealkylation sites (tertiary alicyclic amines) is 1. The second-order valence-corrected chi connectivity index (χ2v) is 7.42. The molecule has 3 heterocycles. The second-order valence-electron chi connectivity index (χ2n) is 6.41. The van der Waals surface area contributed by atoms with Crippen molar-refractivity contribution in [3.05, 3.63) is 46.6 Å². The molecule has 1 atom stereocenters. The zero-order valence-corrected chi connectivity index (χ0v) is 14.7. The van der Waals surface area contributed by atoms with Gasteiger partial charge in [-0.2, -0.15) is 4.52 Å². The molecular formula is C18H22N4OS. The van der Waals surface area contributed by atoms with Crippen molar-refractivity contribution in [3.8, 4) is 5.88 Å². The van der Waals surface area contributed by atoms with E-state index in [-0.39, 0.29) is 11.9 Å².